The van der Waals surface area contributed by atoms with Gasteiger partial charge in [0, 0.05) is 21.7 Å². The van der Waals surface area contributed by atoms with Gasteiger partial charge in [0.2, 0.25) is 0 Å². The fourth-order valence-electron chi connectivity index (χ4n) is 1.50. The minimum Gasteiger partial charge on any atom is -0.359 e. The van der Waals surface area contributed by atoms with E-state index in [4.69, 9.17) is 33.5 Å². The molecule has 1 atom stereocenters. The molecule has 90 valence electrons. The van der Waals surface area contributed by atoms with Crippen molar-refractivity contribution in [2.75, 3.05) is 0 Å². The van der Waals surface area contributed by atoms with Crippen LogP contribution in [0.25, 0.3) is 11.3 Å². The number of halogens is 2. The van der Waals surface area contributed by atoms with Crippen molar-refractivity contribution in [2.24, 2.45) is 5.73 Å². The van der Waals surface area contributed by atoms with Gasteiger partial charge in [-0.15, -0.1) is 0 Å². The Morgan fingerprint density at radius 3 is 2.47 bits per heavy atom. The van der Waals surface area contributed by atoms with Crippen molar-refractivity contribution in [3.63, 3.8) is 0 Å². The second kappa shape index (κ2) is 5.08. The van der Waals surface area contributed by atoms with E-state index in [0.717, 1.165) is 12.0 Å². The molecule has 0 spiro atoms. The van der Waals surface area contributed by atoms with Crippen molar-refractivity contribution in [1.82, 2.24) is 5.16 Å². The van der Waals surface area contributed by atoms with Crippen LogP contribution >= 0.6 is 23.2 Å². The molecule has 1 heterocycles. The van der Waals surface area contributed by atoms with Gasteiger partial charge >= 0.3 is 0 Å². The van der Waals surface area contributed by atoms with E-state index < -0.39 is 0 Å². The molecule has 0 saturated carbocycles. The molecule has 17 heavy (non-hydrogen) atoms. The second-order valence-corrected chi connectivity index (χ2v) is 4.66. The fourth-order valence-corrected chi connectivity index (χ4v) is 2.03. The first-order chi connectivity index (χ1) is 8.10. The van der Waals surface area contributed by atoms with Crippen LogP contribution in [0.5, 0.6) is 0 Å². The van der Waals surface area contributed by atoms with Crippen molar-refractivity contribution < 1.29 is 4.52 Å². The number of rotatable bonds is 3. The predicted octanol–water partition coefficient (Wildman–Crippen LogP) is 4.06. The van der Waals surface area contributed by atoms with Gasteiger partial charge in [-0.2, -0.15) is 0 Å². The molecule has 0 aliphatic heterocycles. The van der Waals surface area contributed by atoms with Gasteiger partial charge in [-0.1, -0.05) is 35.3 Å². The monoisotopic (exact) mass is 270 g/mol. The highest BCUT2D eigenvalue weighted by atomic mass is 35.5. The van der Waals surface area contributed by atoms with Gasteiger partial charge < -0.3 is 10.3 Å². The average molecular weight is 271 g/mol. The molecule has 1 aromatic carbocycles. The number of hydrogen-bond donors (Lipinski definition) is 1. The van der Waals surface area contributed by atoms with E-state index in [-0.39, 0.29) is 6.04 Å². The molecule has 1 aromatic heterocycles. The first kappa shape index (κ1) is 12.4. The summed E-state index contributed by atoms with van der Waals surface area (Å²) in [7, 11) is 0. The third-order valence-corrected chi connectivity index (χ3v) is 2.93. The van der Waals surface area contributed by atoms with Gasteiger partial charge in [-0.3, -0.25) is 0 Å². The maximum atomic E-state index is 5.93. The lowest BCUT2D eigenvalue weighted by molar-refractivity contribution is 0.360. The Balaban J connectivity index is 2.36. The third-order valence-electron chi connectivity index (χ3n) is 2.49. The van der Waals surface area contributed by atoms with Gasteiger partial charge in [0.25, 0.3) is 0 Å². The molecular formula is C12H12Cl2N2O. The molecule has 0 bridgehead atoms. The Bertz CT molecular complexity index is 505. The molecule has 0 aliphatic carbocycles. The van der Waals surface area contributed by atoms with E-state index in [0.29, 0.717) is 21.5 Å². The largest absolute Gasteiger partial charge is 0.359 e. The lowest BCUT2D eigenvalue weighted by atomic mass is 10.1. The summed E-state index contributed by atoms with van der Waals surface area (Å²) in [6.07, 6.45) is 0.797. The molecule has 2 N–H and O–H groups in total. The maximum absolute atomic E-state index is 5.93. The molecule has 0 saturated heterocycles. The summed E-state index contributed by atoms with van der Waals surface area (Å²) in [6.45, 7) is 1.99. The zero-order valence-electron chi connectivity index (χ0n) is 9.28. The standard InChI is InChI=1S/C12H12Cl2N2O/c1-2-10(15)12-6-11(16-17-12)7-3-8(13)5-9(14)4-7/h3-6,10H,2,15H2,1H3. The first-order valence-electron chi connectivity index (χ1n) is 5.29. The molecule has 3 nitrogen and oxygen atoms in total. The fraction of sp³-hybridized carbons (Fsp3) is 0.250. The molecule has 2 rings (SSSR count). The number of benzene rings is 1. The Hall–Kier alpha value is -1.03. The van der Waals surface area contributed by atoms with Crippen LogP contribution in [0.1, 0.15) is 25.1 Å². The molecular weight excluding hydrogens is 259 g/mol. The highest BCUT2D eigenvalue weighted by molar-refractivity contribution is 6.35. The zero-order chi connectivity index (χ0) is 12.4. The van der Waals surface area contributed by atoms with Crippen molar-refractivity contribution in [3.05, 3.63) is 40.1 Å². The topological polar surface area (TPSA) is 52.0 Å². The van der Waals surface area contributed by atoms with E-state index in [9.17, 15) is 0 Å². The van der Waals surface area contributed by atoms with Crippen LogP contribution in [-0.4, -0.2) is 5.16 Å². The number of nitrogens with two attached hydrogens (primary N) is 1. The summed E-state index contributed by atoms with van der Waals surface area (Å²) < 4.78 is 5.19. The minimum atomic E-state index is -0.133. The van der Waals surface area contributed by atoms with Crippen LogP contribution in [0, 0.1) is 0 Å². The van der Waals surface area contributed by atoms with Crippen LogP contribution in [0.3, 0.4) is 0 Å². The molecule has 1 unspecified atom stereocenters. The maximum Gasteiger partial charge on any atom is 0.154 e. The van der Waals surface area contributed by atoms with Crippen LogP contribution in [-0.2, 0) is 0 Å². The molecule has 2 aromatic rings. The van der Waals surface area contributed by atoms with Crippen molar-refractivity contribution in [3.8, 4) is 11.3 Å². The van der Waals surface area contributed by atoms with Gasteiger partial charge in [-0.05, 0) is 24.6 Å². The molecule has 0 amide bonds. The van der Waals surface area contributed by atoms with Gasteiger partial charge in [-0.25, -0.2) is 0 Å². The summed E-state index contributed by atoms with van der Waals surface area (Å²) in [5.41, 5.74) is 7.37. The number of hydrogen-bond acceptors (Lipinski definition) is 3. The normalized spacial score (nSPS) is 12.7. The van der Waals surface area contributed by atoms with Gasteiger partial charge in [0.05, 0.1) is 6.04 Å². The number of aromatic nitrogens is 1. The third kappa shape index (κ3) is 2.80. The predicted molar refractivity (Wildman–Crippen MR) is 69.2 cm³/mol. The lowest BCUT2D eigenvalue weighted by Gasteiger charge is -2.01. The van der Waals surface area contributed by atoms with E-state index >= 15 is 0 Å². The van der Waals surface area contributed by atoms with Crippen LogP contribution in [0.2, 0.25) is 10.0 Å². The first-order valence-corrected chi connectivity index (χ1v) is 6.04. The summed E-state index contributed by atoms with van der Waals surface area (Å²) in [4.78, 5) is 0. The van der Waals surface area contributed by atoms with Crippen molar-refractivity contribution in [1.29, 1.82) is 0 Å². The molecule has 0 aliphatic rings. The highest BCUT2D eigenvalue weighted by Crippen LogP contribution is 2.28. The van der Waals surface area contributed by atoms with E-state index in [1.165, 1.54) is 0 Å². The summed E-state index contributed by atoms with van der Waals surface area (Å²) >= 11 is 11.9. The Morgan fingerprint density at radius 2 is 1.88 bits per heavy atom. The summed E-state index contributed by atoms with van der Waals surface area (Å²) in [5, 5.41) is 5.10. The lowest BCUT2D eigenvalue weighted by Crippen LogP contribution is -2.06. The minimum absolute atomic E-state index is 0.133. The molecule has 5 heteroatoms. The van der Waals surface area contributed by atoms with Gasteiger partial charge in [0.15, 0.2) is 5.76 Å². The van der Waals surface area contributed by atoms with Crippen LogP contribution < -0.4 is 5.73 Å². The SMILES string of the molecule is CCC(N)c1cc(-c2cc(Cl)cc(Cl)c2)no1. The van der Waals surface area contributed by atoms with Crippen molar-refractivity contribution >= 4 is 23.2 Å². The van der Waals surface area contributed by atoms with Crippen molar-refractivity contribution in [2.45, 2.75) is 19.4 Å². The molecule has 0 fully saturated rings. The van der Waals surface area contributed by atoms with E-state index in [2.05, 4.69) is 5.16 Å². The summed E-state index contributed by atoms with van der Waals surface area (Å²) in [6, 6.07) is 6.92. The Labute approximate surface area is 109 Å². The van der Waals surface area contributed by atoms with Crippen LogP contribution in [0.4, 0.5) is 0 Å². The number of nitrogens with zero attached hydrogens (tertiary/aromatic N) is 1. The van der Waals surface area contributed by atoms with E-state index in [1.807, 2.05) is 13.0 Å². The quantitative estimate of drug-likeness (QED) is 0.915. The average Bonchev–Trinajstić information content (AvgIpc) is 2.76. The second-order valence-electron chi connectivity index (χ2n) is 3.79. The Kier molecular flexibility index (Phi) is 3.72. The smallest absolute Gasteiger partial charge is 0.154 e. The van der Waals surface area contributed by atoms with Gasteiger partial charge in [0.1, 0.15) is 5.69 Å². The zero-order valence-corrected chi connectivity index (χ0v) is 10.8. The molecule has 0 radical (unpaired) electrons. The highest BCUT2D eigenvalue weighted by Gasteiger charge is 2.12. The Morgan fingerprint density at radius 1 is 1.24 bits per heavy atom. The van der Waals surface area contributed by atoms with E-state index in [1.54, 1.807) is 18.2 Å². The summed E-state index contributed by atoms with van der Waals surface area (Å²) in [5.74, 6) is 0.665. The van der Waals surface area contributed by atoms with Crippen LogP contribution in [0.15, 0.2) is 28.8 Å².